The number of amides is 2. The first kappa shape index (κ1) is 17.1. The van der Waals surface area contributed by atoms with Crippen LogP contribution >= 0.6 is 11.8 Å². The van der Waals surface area contributed by atoms with Gasteiger partial charge in [-0.2, -0.15) is 0 Å². The third-order valence-electron chi connectivity index (χ3n) is 4.30. The van der Waals surface area contributed by atoms with Gasteiger partial charge in [0.05, 0.1) is 11.3 Å². The van der Waals surface area contributed by atoms with Gasteiger partial charge in [-0.15, -0.1) is 0 Å². The lowest BCUT2D eigenvalue weighted by Crippen LogP contribution is -2.34. The molecule has 3 aromatic carbocycles. The first-order valence-corrected chi connectivity index (χ1v) is 9.05. The number of benzene rings is 3. The molecule has 2 N–H and O–H groups in total. The molecule has 0 spiro atoms. The molecule has 4 rings (SSSR count). The fraction of sp³-hybridized carbons (Fsp3) is 0.0500. The number of anilines is 2. The SMILES string of the molecule is O=C(O)c1ccccc1NC1SC(=O)N(c2cccc3ccccc23)C1=O. The van der Waals surface area contributed by atoms with E-state index in [2.05, 4.69) is 5.32 Å². The number of nitrogens with one attached hydrogen (secondary N) is 1. The van der Waals surface area contributed by atoms with Gasteiger partial charge in [0.2, 0.25) is 0 Å². The zero-order valence-corrected chi connectivity index (χ0v) is 14.8. The molecule has 1 atom stereocenters. The third-order valence-corrected chi connectivity index (χ3v) is 5.24. The Bertz CT molecular complexity index is 1080. The van der Waals surface area contributed by atoms with Gasteiger partial charge in [-0.25, -0.2) is 9.69 Å². The topological polar surface area (TPSA) is 86.7 Å². The molecular formula is C20H14N2O4S. The van der Waals surface area contributed by atoms with E-state index in [-0.39, 0.29) is 5.56 Å². The summed E-state index contributed by atoms with van der Waals surface area (Å²) < 4.78 is 0. The molecule has 2 amide bonds. The Labute approximate surface area is 158 Å². The van der Waals surface area contributed by atoms with Crippen molar-refractivity contribution in [3.63, 3.8) is 0 Å². The second-order valence-corrected chi connectivity index (χ2v) is 6.99. The van der Waals surface area contributed by atoms with E-state index in [1.807, 2.05) is 30.3 Å². The number of carbonyl (C=O) groups excluding carboxylic acids is 2. The van der Waals surface area contributed by atoms with E-state index in [1.54, 1.807) is 30.3 Å². The normalized spacial score (nSPS) is 16.7. The molecule has 1 saturated heterocycles. The van der Waals surface area contributed by atoms with Crippen LogP contribution in [0.15, 0.2) is 66.7 Å². The molecular weight excluding hydrogens is 364 g/mol. The molecule has 0 aromatic heterocycles. The molecule has 27 heavy (non-hydrogen) atoms. The summed E-state index contributed by atoms with van der Waals surface area (Å²) in [6, 6.07) is 19.2. The number of thioether (sulfide) groups is 1. The van der Waals surface area contributed by atoms with Crippen LogP contribution in [0.5, 0.6) is 0 Å². The first-order valence-electron chi connectivity index (χ1n) is 8.17. The van der Waals surface area contributed by atoms with Crippen molar-refractivity contribution in [1.82, 2.24) is 0 Å². The van der Waals surface area contributed by atoms with Crippen LogP contribution in [0, 0.1) is 0 Å². The average Bonchev–Trinajstić information content (AvgIpc) is 2.95. The van der Waals surface area contributed by atoms with E-state index in [0.29, 0.717) is 11.4 Å². The second kappa shape index (κ2) is 6.77. The number of para-hydroxylation sites is 1. The summed E-state index contributed by atoms with van der Waals surface area (Å²) >= 11 is 0.834. The number of carboxylic acid groups (broad SMARTS) is 1. The van der Waals surface area contributed by atoms with Gasteiger partial charge in [0, 0.05) is 11.1 Å². The van der Waals surface area contributed by atoms with Crippen LogP contribution in [0.3, 0.4) is 0 Å². The maximum absolute atomic E-state index is 12.9. The molecule has 134 valence electrons. The molecule has 0 aliphatic carbocycles. The van der Waals surface area contributed by atoms with Crippen LogP contribution in [0.1, 0.15) is 10.4 Å². The Kier molecular flexibility index (Phi) is 4.29. The number of hydrogen-bond acceptors (Lipinski definition) is 5. The highest BCUT2D eigenvalue weighted by Gasteiger charge is 2.41. The van der Waals surface area contributed by atoms with Crippen LogP contribution in [-0.2, 0) is 4.79 Å². The Balaban J connectivity index is 1.68. The van der Waals surface area contributed by atoms with Crippen molar-refractivity contribution in [2.45, 2.75) is 5.37 Å². The largest absolute Gasteiger partial charge is 0.478 e. The van der Waals surface area contributed by atoms with E-state index in [4.69, 9.17) is 0 Å². The maximum Gasteiger partial charge on any atom is 0.337 e. The van der Waals surface area contributed by atoms with Crippen LogP contribution in [0.25, 0.3) is 10.8 Å². The van der Waals surface area contributed by atoms with Crippen molar-refractivity contribution in [3.05, 3.63) is 72.3 Å². The minimum absolute atomic E-state index is 0.0435. The lowest BCUT2D eigenvalue weighted by molar-refractivity contribution is -0.116. The van der Waals surface area contributed by atoms with Crippen LogP contribution in [-0.4, -0.2) is 27.6 Å². The molecule has 0 radical (unpaired) electrons. The van der Waals surface area contributed by atoms with E-state index >= 15 is 0 Å². The molecule has 1 aliphatic heterocycles. The Hall–Kier alpha value is -3.32. The van der Waals surface area contributed by atoms with Crippen molar-refractivity contribution in [2.75, 3.05) is 10.2 Å². The Morgan fingerprint density at radius 1 is 0.963 bits per heavy atom. The maximum atomic E-state index is 12.9. The summed E-state index contributed by atoms with van der Waals surface area (Å²) in [4.78, 5) is 38.0. The van der Waals surface area contributed by atoms with E-state index in [1.165, 1.54) is 6.07 Å². The van der Waals surface area contributed by atoms with E-state index in [9.17, 15) is 19.5 Å². The molecule has 1 aliphatic rings. The fourth-order valence-corrected chi connectivity index (χ4v) is 3.95. The summed E-state index contributed by atoms with van der Waals surface area (Å²) in [6.45, 7) is 0. The molecule has 1 fully saturated rings. The number of aromatic carboxylic acids is 1. The number of imide groups is 1. The molecule has 0 saturated carbocycles. The number of hydrogen-bond donors (Lipinski definition) is 2. The quantitative estimate of drug-likeness (QED) is 0.708. The number of fused-ring (bicyclic) bond motifs is 1. The number of carbonyl (C=O) groups is 3. The van der Waals surface area contributed by atoms with Crippen molar-refractivity contribution in [3.8, 4) is 0 Å². The summed E-state index contributed by atoms with van der Waals surface area (Å²) in [5.41, 5.74) is 0.858. The lowest BCUT2D eigenvalue weighted by Gasteiger charge is -2.17. The molecule has 6 nitrogen and oxygen atoms in total. The van der Waals surface area contributed by atoms with E-state index in [0.717, 1.165) is 27.4 Å². The fourth-order valence-electron chi connectivity index (χ4n) is 3.06. The van der Waals surface area contributed by atoms with Gasteiger partial charge in [0.1, 0.15) is 0 Å². The number of carboxylic acids is 1. The number of rotatable bonds is 4. The number of nitrogens with zero attached hydrogens (tertiary/aromatic N) is 1. The smallest absolute Gasteiger partial charge is 0.337 e. The van der Waals surface area contributed by atoms with E-state index < -0.39 is 22.5 Å². The zero-order valence-electron chi connectivity index (χ0n) is 14.0. The Morgan fingerprint density at radius 3 is 2.48 bits per heavy atom. The highest BCUT2D eigenvalue weighted by atomic mass is 32.2. The molecule has 7 heteroatoms. The van der Waals surface area contributed by atoms with Gasteiger partial charge in [-0.1, -0.05) is 48.5 Å². The molecule has 1 heterocycles. The van der Waals surface area contributed by atoms with Gasteiger partial charge in [-0.3, -0.25) is 9.59 Å². The molecule has 0 bridgehead atoms. The predicted octanol–water partition coefficient (Wildman–Crippen LogP) is 4.18. The van der Waals surface area contributed by atoms with Crippen molar-refractivity contribution < 1.29 is 19.5 Å². The van der Waals surface area contributed by atoms with Crippen molar-refractivity contribution in [2.24, 2.45) is 0 Å². The van der Waals surface area contributed by atoms with Gasteiger partial charge < -0.3 is 10.4 Å². The Morgan fingerprint density at radius 2 is 1.67 bits per heavy atom. The highest BCUT2D eigenvalue weighted by molar-refractivity contribution is 8.16. The second-order valence-electron chi connectivity index (χ2n) is 5.93. The van der Waals surface area contributed by atoms with Crippen LogP contribution < -0.4 is 10.2 Å². The van der Waals surface area contributed by atoms with Gasteiger partial charge in [0.15, 0.2) is 5.37 Å². The summed E-state index contributed by atoms with van der Waals surface area (Å²) in [6.07, 6.45) is 0. The van der Waals surface area contributed by atoms with Crippen LogP contribution in [0.2, 0.25) is 0 Å². The van der Waals surface area contributed by atoms with Crippen LogP contribution in [0.4, 0.5) is 16.2 Å². The average molecular weight is 378 g/mol. The highest BCUT2D eigenvalue weighted by Crippen LogP contribution is 2.36. The minimum Gasteiger partial charge on any atom is -0.478 e. The van der Waals surface area contributed by atoms with Gasteiger partial charge in [-0.05, 0) is 35.3 Å². The monoisotopic (exact) mass is 378 g/mol. The van der Waals surface area contributed by atoms with Gasteiger partial charge in [0.25, 0.3) is 11.1 Å². The first-order chi connectivity index (χ1) is 13.1. The predicted molar refractivity (Wildman–Crippen MR) is 105 cm³/mol. The van der Waals surface area contributed by atoms with Gasteiger partial charge >= 0.3 is 5.97 Å². The third kappa shape index (κ3) is 3.02. The summed E-state index contributed by atoms with van der Waals surface area (Å²) in [7, 11) is 0. The molecule has 1 unspecified atom stereocenters. The summed E-state index contributed by atoms with van der Waals surface area (Å²) in [5.74, 6) is -1.53. The molecule has 3 aromatic rings. The van der Waals surface area contributed by atoms with Crippen molar-refractivity contribution in [1.29, 1.82) is 0 Å². The lowest BCUT2D eigenvalue weighted by atomic mass is 10.1. The zero-order chi connectivity index (χ0) is 19.0. The van der Waals surface area contributed by atoms with Crippen molar-refractivity contribution >= 4 is 51.0 Å². The minimum atomic E-state index is -1.11. The summed E-state index contributed by atoms with van der Waals surface area (Å²) in [5, 5.41) is 12.6. The standard InChI is InChI=1S/C20H14N2O4S/c23-18-17(21-15-10-4-3-9-14(15)19(24)25)27-20(26)22(18)16-11-5-7-12-6-1-2-8-13(12)16/h1-11,17,21H,(H,24,25).